The fraction of sp³-hybridized carbons (Fsp3) is 0.577. The van der Waals surface area contributed by atoms with Gasteiger partial charge in [0.25, 0.3) is 5.91 Å². The van der Waals surface area contributed by atoms with E-state index >= 15 is 0 Å². The van der Waals surface area contributed by atoms with Gasteiger partial charge < -0.3 is 15.0 Å². The maximum atomic E-state index is 12.9. The van der Waals surface area contributed by atoms with Crippen LogP contribution in [0, 0.1) is 12.3 Å². The summed E-state index contributed by atoms with van der Waals surface area (Å²) in [6.45, 7) is 4.85. The molecule has 178 valence electrons. The normalized spacial score (nSPS) is 19.1. The highest BCUT2D eigenvalue weighted by atomic mass is 16.5. The lowest BCUT2D eigenvalue weighted by molar-refractivity contribution is -0.133. The molecular formula is C26H36N4O3. The van der Waals surface area contributed by atoms with Crippen LogP contribution in [0.5, 0.6) is 5.75 Å². The second-order valence-electron chi connectivity index (χ2n) is 9.60. The summed E-state index contributed by atoms with van der Waals surface area (Å²) in [5, 5.41) is 7.46. The first-order valence-electron chi connectivity index (χ1n) is 12.2. The van der Waals surface area contributed by atoms with Crippen molar-refractivity contribution in [3.05, 3.63) is 47.3 Å². The number of aryl methyl sites for hydroxylation is 2. The Bertz CT molecular complexity index is 976. The molecule has 33 heavy (non-hydrogen) atoms. The summed E-state index contributed by atoms with van der Waals surface area (Å²) < 4.78 is 7.72. The van der Waals surface area contributed by atoms with Crippen molar-refractivity contribution in [2.45, 2.75) is 58.3 Å². The summed E-state index contributed by atoms with van der Waals surface area (Å²) in [6.07, 6.45) is 9.29. The van der Waals surface area contributed by atoms with E-state index in [0.717, 1.165) is 69.3 Å². The number of amides is 2. The lowest BCUT2D eigenvalue weighted by Crippen LogP contribution is -2.48. The molecule has 1 aromatic heterocycles. The maximum Gasteiger partial charge on any atom is 0.255 e. The largest absolute Gasteiger partial charge is 0.493 e. The second-order valence-corrected chi connectivity index (χ2v) is 9.60. The second kappa shape index (κ2) is 10.4. The number of piperidine rings is 1. The molecule has 1 saturated heterocycles. The predicted molar refractivity (Wildman–Crippen MR) is 127 cm³/mol. The van der Waals surface area contributed by atoms with Crippen LogP contribution in [0.4, 0.5) is 0 Å². The first kappa shape index (κ1) is 23.3. The first-order valence-corrected chi connectivity index (χ1v) is 12.2. The van der Waals surface area contributed by atoms with Gasteiger partial charge in [-0.15, -0.1) is 0 Å². The molecule has 3 heterocycles. The highest BCUT2D eigenvalue weighted by molar-refractivity contribution is 5.96. The highest BCUT2D eigenvalue weighted by Crippen LogP contribution is 2.37. The van der Waals surface area contributed by atoms with E-state index in [-0.39, 0.29) is 17.2 Å². The molecule has 0 bridgehead atoms. The van der Waals surface area contributed by atoms with Crippen LogP contribution < -0.4 is 10.1 Å². The van der Waals surface area contributed by atoms with Crippen LogP contribution in [0.1, 0.15) is 66.6 Å². The molecule has 7 nitrogen and oxygen atoms in total. The fourth-order valence-electron chi connectivity index (χ4n) is 5.04. The van der Waals surface area contributed by atoms with Crippen molar-refractivity contribution < 1.29 is 14.3 Å². The van der Waals surface area contributed by atoms with Gasteiger partial charge in [0.2, 0.25) is 5.91 Å². The van der Waals surface area contributed by atoms with Crippen LogP contribution in [-0.2, 0) is 18.3 Å². The molecule has 0 saturated carbocycles. The number of aromatic nitrogens is 2. The third kappa shape index (κ3) is 5.57. The topological polar surface area (TPSA) is 76.5 Å². The monoisotopic (exact) mass is 452 g/mol. The van der Waals surface area contributed by atoms with Crippen LogP contribution in [0.25, 0.3) is 0 Å². The quantitative estimate of drug-likeness (QED) is 0.771. The van der Waals surface area contributed by atoms with Crippen molar-refractivity contribution in [2.24, 2.45) is 12.5 Å². The van der Waals surface area contributed by atoms with Crippen LogP contribution in [0.2, 0.25) is 0 Å². The van der Waals surface area contributed by atoms with Crippen molar-refractivity contribution in [3.8, 4) is 5.75 Å². The minimum Gasteiger partial charge on any atom is -0.493 e. The number of rotatable bonds is 3. The Kier molecular flexibility index (Phi) is 7.36. The number of nitrogens with zero attached hydrogens (tertiary/aromatic N) is 3. The number of para-hydroxylation sites is 1. The van der Waals surface area contributed by atoms with Crippen molar-refractivity contribution in [1.29, 1.82) is 0 Å². The molecule has 0 unspecified atom stereocenters. The Hall–Kier alpha value is -2.83. The minimum atomic E-state index is -0.0732. The smallest absolute Gasteiger partial charge is 0.255 e. The summed E-state index contributed by atoms with van der Waals surface area (Å²) in [5.41, 5.74) is 2.93. The molecule has 0 atom stereocenters. The Balaban J connectivity index is 1.36. The molecule has 1 N–H and O–H groups in total. The Morgan fingerprint density at radius 3 is 2.70 bits per heavy atom. The number of benzene rings is 1. The van der Waals surface area contributed by atoms with Crippen molar-refractivity contribution in [3.63, 3.8) is 0 Å². The Morgan fingerprint density at radius 2 is 1.94 bits per heavy atom. The Labute approximate surface area is 196 Å². The zero-order chi connectivity index (χ0) is 23.3. The lowest BCUT2D eigenvalue weighted by atomic mass is 9.74. The standard InChI is InChI=1S/C26H36N4O3/c1-20-21(18-28-29(20)2)10-11-24(31)30-15-13-26(14-16-30)12-6-3-7-17-33-23-9-5-4-8-22(23)25(32)27-19-26/h4-5,8-9,18H,3,6-7,10-17,19H2,1-2H3,(H,27,32). The van der Waals surface area contributed by atoms with Gasteiger partial charge in [-0.05, 0) is 62.1 Å². The number of ether oxygens (including phenoxy) is 1. The van der Waals surface area contributed by atoms with Gasteiger partial charge in [-0.2, -0.15) is 5.10 Å². The summed E-state index contributed by atoms with van der Waals surface area (Å²) >= 11 is 0. The van der Waals surface area contributed by atoms with Gasteiger partial charge in [-0.1, -0.05) is 25.0 Å². The van der Waals surface area contributed by atoms with E-state index in [1.807, 2.05) is 54.0 Å². The predicted octanol–water partition coefficient (Wildman–Crippen LogP) is 3.65. The van der Waals surface area contributed by atoms with Gasteiger partial charge in [-0.3, -0.25) is 14.3 Å². The van der Waals surface area contributed by atoms with E-state index in [9.17, 15) is 9.59 Å². The van der Waals surface area contributed by atoms with E-state index in [0.29, 0.717) is 30.9 Å². The van der Waals surface area contributed by atoms with Gasteiger partial charge in [-0.25, -0.2) is 0 Å². The molecule has 0 aliphatic carbocycles. The number of hydrogen-bond acceptors (Lipinski definition) is 4. The lowest BCUT2D eigenvalue weighted by Gasteiger charge is -2.42. The van der Waals surface area contributed by atoms with E-state index in [1.165, 1.54) is 0 Å². The van der Waals surface area contributed by atoms with Crippen molar-refractivity contribution >= 4 is 11.8 Å². The maximum absolute atomic E-state index is 12.9. The molecule has 1 aromatic carbocycles. The molecular weight excluding hydrogens is 416 g/mol. The summed E-state index contributed by atoms with van der Waals surface area (Å²) in [5.74, 6) is 0.807. The van der Waals surface area contributed by atoms with Crippen molar-refractivity contribution in [1.82, 2.24) is 20.0 Å². The number of carbonyl (C=O) groups excluding carboxylic acids is 2. The molecule has 1 fully saturated rings. The fourth-order valence-corrected chi connectivity index (χ4v) is 5.04. The summed E-state index contributed by atoms with van der Waals surface area (Å²) in [7, 11) is 1.93. The molecule has 1 spiro atoms. The third-order valence-electron chi connectivity index (χ3n) is 7.49. The number of hydrogen-bond donors (Lipinski definition) is 1. The van der Waals surface area contributed by atoms with Gasteiger partial charge in [0.1, 0.15) is 5.75 Å². The van der Waals surface area contributed by atoms with Gasteiger partial charge >= 0.3 is 0 Å². The molecule has 2 aromatic rings. The molecule has 0 radical (unpaired) electrons. The molecule has 2 amide bonds. The van der Waals surface area contributed by atoms with E-state index in [1.54, 1.807) is 0 Å². The molecule has 2 aliphatic rings. The van der Waals surface area contributed by atoms with Gasteiger partial charge in [0.15, 0.2) is 0 Å². The van der Waals surface area contributed by atoms with Crippen LogP contribution in [0.15, 0.2) is 30.5 Å². The first-order chi connectivity index (χ1) is 16.0. The van der Waals surface area contributed by atoms with E-state index in [4.69, 9.17) is 4.74 Å². The van der Waals surface area contributed by atoms with Crippen LogP contribution >= 0.6 is 0 Å². The Morgan fingerprint density at radius 1 is 1.15 bits per heavy atom. The van der Waals surface area contributed by atoms with Gasteiger partial charge in [0, 0.05) is 38.8 Å². The molecule has 4 rings (SSSR count). The number of nitrogens with one attached hydrogen (secondary N) is 1. The number of carbonyl (C=O) groups is 2. The summed E-state index contributed by atoms with van der Waals surface area (Å²) in [6, 6.07) is 7.48. The van der Waals surface area contributed by atoms with Gasteiger partial charge in [0.05, 0.1) is 18.4 Å². The summed E-state index contributed by atoms with van der Waals surface area (Å²) in [4.78, 5) is 27.8. The minimum absolute atomic E-state index is 0.0569. The van der Waals surface area contributed by atoms with E-state index < -0.39 is 0 Å². The average Bonchev–Trinajstić information content (AvgIpc) is 3.15. The SMILES string of the molecule is Cc1c(CCC(=O)N2CCC3(CCCCCOc4ccccc4C(=O)NC3)CC2)cnn1C. The van der Waals surface area contributed by atoms with Crippen LogP contribution in [-0.4, -0.2) is 52.7 Å². The van der Waals surface area contributed by atoms with Crippen molar-refractivity contribution in [2.75, 3.05) is 26.2 Å². The third-order valence-corrected chi connectivity index (χ3v) is 7.49. The highest BCUT2D eigenvalue weighted by Gasteiger charge is 2.36. The molecule has 7 heteroatoms. The van der Waals surface area contributed by atoms with E-state index in [2.05, 4.69) is 10.4 Å². The zero-order valence-corrected chi connectivity index (χ0v) is 19.9. The number of fused-ring (bicyclic) bond motifs is 1. The number of likely N-dealkylation sites (tertiary alicyclic amines) is 1. The molecule has 2 aliphatic heterocycles. The van der Waals surface area contributed by atoms with Crippen LogP contribution in [0.3, 0.4) is 0 Å². The zero-order valence-electron chi connectivity index (χ0n) is 19.9. The average molecular weight is 453 g/mol.